The normalized spacial score (nSPS) is 17.3. The zero-order valence-electron chi connectivity index (χ0n) is 15.2. The minimum Gasteiger partial charge on any atom is -0.487 e. The van der Waals surface area contributed by atoms with Crippen molar-refractivity contribution >= 4 is 5.91 Å². The first-order chi connectivity index (χ1) is 12.1. The lowest BCUT2D eigenvalue weighted by molar-refractivity contribution is 0.0771. The molecule has 3 heterocycles. The van der Waals surface area contributed by atoms with E-state index in [9.17, 15) is 4.79 Å². The fourth-order valence-electron chi connectivity index (χ4n) is 3.42. The molecule has 0 bridgehead atoms. The molecule has 1 amide bonds. The van der Waals surface area contributed by atoms with Crippen LogP contribution in [0.2, 0.25) is 0 Å². The van der Waals surface area contributed by atoms with Crippen molar-refractivity contribution in [2.45, 2.75) is 52.2 Å². The van der Waals surface area contributed by atoms with Crippen LogP contribution in [0.1, 0.15) is 55.2 Å². The Morgan fingerprint density at radius 2 is 2.16 bits per heavy atom. The molecule has 3 rings (SSSR count). The highest BCUT2D eigenvalue weighted by Crippen LogP contribution is 2.23. The van der Waals surface area contributed by atoms with Crippen LogP contribution >= 0.6 is 0 Å². The Balaban J connectivity index is 1.66. The Bertz CT molecular complexity index is 709. The van der Waals surface area contributed by atoms with E-state index >= 15 is 0 Å². The highest BCUT2D eigenvalue weighted by molar-refractivity contribution is 5.95. The molecule has 0 radical (unpaired) electrons. The van der Waals surface area contributed by atoms with E-state index in [1.807, 2.05) is 28.6 Å². The van der Waals surface area contributed by atoms with E-state index in [4.69, 9.17) is 4.74 Å². The zero-order valence-corrected chi connectivity index (χ0v) is 15.2. The molecular weight excluding hydrogens is 316 g/mol. The largest absolute Gasteiger partial charge is 0.487 e. The third kappa shape index (κ3) is 3.67. The molecule has 0 spiro atoms. The molecule has 134 valence electrons. The lowest BCUT2D eigenvalue weighted by atomic mass is 10.1. The molecule has 2 aromatic rings. The monoisotopic (exact) mass is 342 g/mol. The van der Waals surface area contributed by atoms with Gasteiger partial charge in [0.15, 0.2) is 0 Å². The van der Waals surface area contributed by atoms with Crippen LogP contribution in [0.15, 0.2) is 30.7 Å². The molecule has 1 unspecified atom stereocenters. The third-order valence-electron chi connectivity index (χ3n) is 4.93. The van der Waals surface area contributed by atoms with Crippen LogP contribution in [0.3, 0.4) is 0 Å². The van der Waals surface area contributed by atoms with Crippen molar-refractivity contribution in [2.75, 3.05) is 13.1 Å². The van der Waals surface area contributed by atoms with Gasteiger partial charge in [0.25, 0.3) is 5.91 Å². The topological polar surface area (TPSA) is 60.2 Å². The number of aromatic nitrogens is 3. The maximum atomic E-state index is 12.9. The van der Waals surface area contributed by atoms with Crippen molar-refractivity contribution in [3.8, 4) is 5.75 Å². The van der Waals surface area contributed by atoms with Crippen LogP contribution in [0.5, 0.6) is 5.75 Å². The molecule has 1 saturated heterocycles. The molecule has 25 heavy (non-hydrogen) atoms. The second-order valence-corrected chi connectivity index (χ2v) is 6.53. The first-order valence-corrected chi connectivity index (χ1v) is 9.04. The van der Waals surface area contributed by atoms with Gasteiger partial charge in [-0.25, -0.2) is 0 Å². The van der Waals surface area contributed by atoms with E-state index in [-0.39, 0.29) is 12.0 Å². The number of pyridine rings is 1. The van der Waals surface area contributed by atoms with Crippen molar-refractivity contribution in [3.63, 3.8) is 0 Å². The summed E-state index contributed by atoms with van der Waals surface area (Å²) < 4.78 is 7.92. The molecule has 1 aliphatic rings. The SMILES string of the molecule is CCC(CC)n1ncc(C(=O)N2CCC(Oc3cccnc3)C2)c1C. The molecule has 0 saturated carbocycles. The predicted octanol–water partition coefficient (Wildman–Crippen LogP) is 3.24. The second kappa shape index (κ2) is 7.68. The number of hydrogen-bond donors (Lipinski definition) is 0. The Morgan fingerprint density at radius 3 is 2.84 bits per heavy atom. The number of amides is 1. The molecule has 1 fully saturated rings. The number of carbonyl (C=O) groups excluding carboxylic acids is 1. The summed E-state index contributed by atoms with van der Waals surface area (Å²) in [6.07, 6.45) is 8.01. The van der Waals surface area contributed by atoms with Crippen LogP contribution in [0.4, 0.5) is 0 Å². The number of rotatable bonds is 6. The quantitative estimate of drug-likeness (QED) is 0.808. The molecule has 0 aliphatic carbocycles. The van der Waals surface area contributed by atoms with Crippen LogP contribution < -0.4 is 4.74 Å². The summed E-state index contributed by atoms with van der Waals surface area (Å²) >= 11 is 0. The molecule has 0 aromatic carbocycles. The van der Waals surface area contributed by atoms with E-state index < -0.39 is 0 Å². The minimum atomic E-state index is 0.0162. The summed E-state index contributed by atoms with van der Waals surface area (Å²) in [7, 11) is 0. The number of likely N-dealkylation sites (tertiary alicyclic amines) is 1. The molecular formula is C19H26N4O2. The van der Waals surface area contributed by atoms with Crippen molar-refractivity contribution in [2.24, 2.45) is 0 Å². The smallest absolute Gasteiger partial charge is 0.257 e. The van der Waals surface area contributed by atoms with Gasteiger partial charge in [-0.2, -0.15) is 5.10 Å². The molecule has 0 N–H and O–H groups in total. The summed E-state index contributed by atoms with van der Waals surface area (Å²) in [6.45, 7) is 7.59. The molecule has 6 nitrogen and oxygen atoms in total. The first-order valence-electron chi connectivity index (χ1n) is 9.04. The van der Waals surface area contributed by atoms with Gasteiger partial charge in [0, 0.05) is 24.9 Å². The number of nitrogens with zero attached hydrogens (tertiary/aromatic N) is 4. The molecule has 6 heteroatoms. The van der Waals surface area contributed by atoms with Crippen LogP contribution in [0, 0.1) is 6.92 Å². The number of hydrogen-bond acceptors (Lipinski definition) is 4. The zero-order chi connectivity index (χ0) is 17.8. The van der Waals surface area contributed by atoms with Crippen molar-refractivity contribution < 1.29 is 9.53 Å². The summed E-state index contributed by atoms with van der Waals surface area (Å²) in [5.74, 6) is 0.798. The average Bonchev–Trinajstić information content (AvgIpc) is 3.24. The highest BCUT2D eigenvalue weighted by atomic mass is 16.5. The molecule has 2 aromatic heterocycles. The predicted molar refractivity (Wildman–Crippen MR) is 95.8 cm³/mol. The summed E-state index contributed by atoms with van der Waals surface area (Å²) in [4.78, 5) is 18.8. The van der Waals surface area contributed by atoms with Gasteiger partial charge >= 0.3 is 0 Å². The van der Waals surface area contributed by atoms with Gasteiger partial charge in [0.1, 0.15) is 11.9 Å². The van der Waals surface area contributed by atoms with Gasteiger partial charge in [-0.05, 0) is 31.9 Å². The van der Waals surface area contributed by atoms with E-state index in [2.05, 4.69) is 23.9 Å². The third-order valence-corrected chi connectivity index (χ3v) is 4.93. The summed E-state index contributed by atoms with van der Waals surface area (Å²) in [5, 5.41) is 4.47. The van der Waals surface area contributed by atoms with Crippen molar-refractivity contribution in [1.82, 2.24) is 19.7 Å². The van der Waals surface area contributed by atoms with Gasteiger partial charge in [0.2, 0.25) is 0 Å². The fraction of sp³-hybridized carbons (Fsp3) is 0.526. The summed E-state index contributed by atoms with van der Waals surface area (Å²) in [6, 6.07) is 4.09. The maximum Gasteiger partial charge on any atom is 0.257 e. The Morgan fingerprint density at radius 1 is 1.36 bits per heavy atom. The van der Waals surface area contributed by atoms with E-state index in [0.29, 0.717) is 24.7 Å². The highest BCUT2D eigenvalue weighted by Gasteiger charge is 2.30. The average molecular weight is 342 g/mol. The Labute approximate surface area is 148 Å². The molecule has 1 atom stereocenters. The minimum absolute atomic E-state index is 0.0162. The summed E-state index contributed by atoms with van der Waals surface area (Å²) in [5.41, 5.74) is 1.66. The lowest BCUT2D eigenvalue weighted by Gasteiger charge is -2.18. The Kier molecular flexibility index (Phi) is 5.36. The van der Waals surface area contributed by atoms with Gasteiger partial charge in [-0.1, -0.05) is 13.8 Å². The first kappa shape index (κ1) is 17.5. The number of carbonyl (C=O) groups is 1. The van der Waals surface area contributed by atoms with Crippen molar-refractivity contribution in [3.05, 3.63) is 42.0 Å². The van der Waals surface area contributed by atoms with Crippen LogP contribution in [-0.4, -0.2) is 44.8 Å². The molecule has 1 aliphatic heterocycles. The van der Waals surface area contributed by atoms with Gasteiger partial charge in [0.05, 0.1) is 30.5 Å². The maximum absolute atomic E-state index is 12.9. The van der Waals surface area contributed by atoms with Crippen LogP contribution in [0.25, 0.3) is 0 Å². The second-order valence-electron chi connectivity index (χ2n) is 6.53. The Hall–Kier alpha value is -2.37. The number of ether oxygens (including phenoxy) is 1. The van der Waals surface area contributed by atoms with E-state index in [1.54, 1.807) is 18.6 Å². The van der Waals surface area contributed by atoms with E-state index in [1.165, 1.54) is 0 Å². The van der Waals surface area contributed by atoms with Gasteiger partial charge < -0.3 is 9.64 Å². The van der Waals surface area contributed by atoms with E-state index in [0.717, 1.165) is 30.7 Å². The van der Waals surface area contributed by atoms with Crippen LogP contribution in [-0.2, 0) is 0 Å². The standard InChI is InChI=1S/C19H26N4O2/c1-4-15(5-2)23-14(3)18(12-21-23)19(24)22-10-8-17(13-22)25-16-7-6-9-20-11-16/h6-7,9,11-12,15,17H,4-5,8,10,13H2,1-3H3. The van der Waals surface area contributed by atoms with Gasteiger partial charge in [-0.15, -0.1) is 0 Å². The lowest BCUT2D eigenvalue weighted by Crippen LogP contribution is -2.31. The fourth-order valence-corrected chi connectivity index (χ4v) is 3.42. The van der Waals surface area contributed by atoms with Crippen molar-refractivity contribution in [1.29, 1.82) is 0 Å². The van der Waals surface area contributed by atoms with Gasteiger partial charge in [-0.3, -0.25) is 14.5 Å².